The van der Waals surface area contributed by atoms with Crippen LogP contribution >= 0.6 is 0 Å². The fraction of sp³-hybridized carbons (Fsp3) is 0.529. The maximum Gasteiger partial charge on any atom is 0.231 e. The predicted octanol–water partition coefficient (Wildman–Crippen LogP) is 3.32. The summed E-state index contributed by atoms with van der Waals surface area (Å²) in [6.07, 6.45) is 0.711. The molecule has 0 spiro atoms. The van der Waals surface area contributed by atoms with Gasteiger partial charge in [-0.15, -0.1) is 0 Å². The van der Waals surface area contributed by atoms with Crippen molar-refractivity contribution in [1.82, 2.24) is 15.5 Å². The molecule has 0 amide bonds. The van der Waals surface area contributed by atoms with Gasteiger partial charge in [-0.25, -0.2) is 0 Å². The van der Waals surface area contributed by atoms with Crippen molar-refractivity contribution in [3.63, 3.8) is 0 Å². The van der Waals surface area contributed by atoms with Gasteiger partial charge < -0.3 is 9.84 Å². The summed E-state index contributed by atoms with van der Waals surface area (Å²) in [6.45, 7) is 8.60. The van der Waals surface area contributed by atoms with Crippen LogP contribution in [0.5, 0.6) is 0 Å². The van der Waals surface area contributed by atoms with Crippen LogP contribution in [0.3, 0.4) is 0 Å². The van der Waals surface area contributed by atoms with Crippen molar-refractivity contribution < 1.29 is 4.52 Å². The smallest absolute Gasteiger partial charge is 0.231 e. The van der Waals surface area contributed by atoms with Crippen LogP contribution in [-0.2, 0) is 6.42 Å². The van der Waals surface area contributed by atoms with Crippen molar-refractivity contribution in [1.29, 1.82) is 0 Å². The van der Waals surface area contributed by atoms with Gasteiger partial charge in [0.05, 0.1) is 5.92 Å². The molecule has 0 saturated carbocycles. The molecular formula is C17H25N3O. The number of aryl methyl sites for hydroxylation is 1. The molecule has 4 nitrogen and oxygen atoms in total. The number of nitrogens with zero attached hydrogens (tertiary/aromatic N) is 2. The Morgan fingerprint density at radius 3 is 2.38 bits per heavy atom. The summed E-state index contributed by atoms with van der Waals surface area (Å²) in [4.78, 5) is 4.60. The number of benzene rings is 1. The molecular weight excluding hydrogens is 262 g/mol. The molecule has 2 unspecified atom stereocenters. The Morgan fingerprint density at radius 2 is 1.81 bits per heavy atom. The molecule has 0 fully saturated rings. The van der Waals surface area contributed by atoms with E-state index in [-0.39, 0.29) is 5.92 Å². The highest BCUT2D eigenvalue weighted by Gasteiger charge is 2.27. The van der Waals surface area contributed by atoms with Crippen LogP contribution in [0.1, 0.15) is 49.5 Å². The molecule has 21 heavy (non-hydrogen) atoms. The lowest BCUT2D eigenvalue weighted by molar-refractivity contribution is 0.285. The van der Waals surface area contributed by atoms with E-state index in [1.54, 1.807) is 0 Å². The van der Waals surface area contributed by atoms with E-state index in [1.165, 1.54) is 11.1 Å². The molecule has 2 aromatic rings. The van der Waals surface area contributed by atoms with Gasteiger partial charge in [-0.2, -0.15) is 4.98 Å². The van der Waals surface area contributed by atoms with Crippen LogP contribution in [0.4, 0.5) is 0 Å². The van der Waals surface area contributed by atoms with Crippen LogP contribution < -0.4 is 5.32 Å². The second-order valence-corrected chi connectivity index (χ2v) is 6.06. The van der Waals surface area contributed by atoms with Crippen molar-refractivity contribution in [3.8, 4) is 0 Å². The first kappa shape index (κ1) is 15.7. The fourth-order valence-electron chi connectivity index (χ4n) is 2.62. The summed E-state index contributed by atoms with van der Waals surface area (Å²) in [6, 6.07) is 8.74. The predicted molar refractivity (Wildman–Crippen MR) is 84.4 cm³/mol. The maximum absolute atomic E-state index is 5.51. The van der Waals surface area contributed by atoms with E-state index in [4.69, 9.17) is 4.52 Å². The topological polar surface area (TPSA) is 51.0 Å². The summed E-state index contributed by atoms with van der Waals surface area (Å²) >= 11 is 0. The third kappa shape index (κ3) is 3.91. The zero-order valence-corrected chi connectivity index (χ0v) is 13.6. The Bertz CT molecular complexity index is 560. The molecule has 1 aromatic carbocycles. The standard InChI is InChI=1S/C17H25N3O/c1-11(2)16(13(4)18-5)17-19-15(20-21-17)10-14-8-6-12(3)7-9-14/h6-9,11,13,16,18H,10H2,1-5H3. The van der Waals surface area contributed by atoms with Crippen LogP contribution in [0.2, 0.25) is 0 Å². The first-order valence-corrected chi connectivity index (χ1v) is 7.56. The molecule has 1 heterocycles. The highest BCUT2D eigenvalue weighted by Crippen LogP contribution is 2.26. The quantitative estimate of drug-likeness (QED) is 0.885. The van der Waals surface area contributed by atoms with Gasteiger partial charge in [0.25, 0.3) is 0 Å². The lowest BCUT2D eigenvalue weighted by Crippen LogP contribution is -2.32. The Hall–Kier alpha value is -1.68. The molecule has 0 aliphatic heterocycles. The van der Waals surface area contributed by atoms with Crippen molar-refractivity contribution in [2.45, 2.75) is 46.1 Å². The Morgan fingerprint density at radius 1 is 1.14 bits per heavy atom. The number of rotatable bonds is 6. The first-order valence-electron chi connectivity index (χ1n) is 7.56. The van der Waals surface area contributed by atoms with Crippen molar-refractivity contribution in [2.24, 2.45) is 5.92 Å². The lowest BCUT2D eigenvalue weighted by Gasteiger charge is -2.23. The lowest BCUT2D eigenvalue weighted by atomic mass is 9.89. The van der Waals surface area contributed by atoms with E-state index in [9.17, 15) is 0 Å². The monoisotopic (exact) mass is 287 g/mol. The number of hydrogen-bond acceptors (Lipinski definition) is 4. The molecule has 2 rings (SSSR count). The number of hydrogen-bond donors (Lipinski definition) is 1. The highest BCUT2D eigenvalue weighted by atomic mass is 16.5. The summed E-state index contributed by atoms with van der Waals surface area (Å²) in [5, 5.41) is 7.42. The molecule has 0 radical (unpaired) electrons. The van der Waals surface area contributed by atoms with E-state index >= 15 is 0 Å². The van der Waals surface area contributed by atoms with Gasteiger partial charge in [-0.1, -0.05) is 48.8 Å². The summed E-state index contributed by atoms with van der Waals surface area (Å²) in [7, 11) is 1.96. The molecule has 0 aliphatic rings. The second kappa shape index (κ2) is 6.85. The third-order valence-corrected chi connectivity index (χ3v) is 3.96. The molecule has 1 N–H and O–H groups in total. The fourth-order valence-corrected chi connectivity index (χ4v) is 2.62. The molecule has 2 atom stereocenters. The molecule has 0 bridgehead atoms. The van der Waals surface area contributed by atoms with Crippen molar-refractivity contribution in [3.05, 3.63) is 47.1 Å². The van der Waals surface area contributed by atoms with Gasteiger partial charge in [0.1, 0.15) is 0 Å². The van der Waals surface area contributed by atoms with E-state index in [0.29, 0.717) is 18.4 Å². The van der Waals surface area contributed by atoms with Crippen LogP contribution in [0, 0.1) is 12.8 Å². The Balaban J connectivity index is 2.14. The molecule has 114 valence electrons. The third-order valence-electron chi connectivity index (χ3n) is 3.96. The Labute approximate surface area is 127 Å². The van der Waals surface area contributed by atoms with Gasteiger partial charge in [0, 0.05) is 12.5 Å². The molecule has 0 aliphatic carbocycles. The van der Waals surface area contributed by atoms with E-state index < -0.39 is 0 Å². The Kier molecular flexibility index (Phi) is 5.12. The molecule has 0 saturated heterocycles. The minimum Gasteiger partial charge on any atom is -0.339 e. The first-order chi connectivity index (χ1) is 10.0. The minimum absolute atomic E-state index is 0.231. The normalized spacial score (nSPS) is 14.4. The summed E-state index contributed by atoms with van der Waals surface area (Å²) < 4.78 is 5.51. The average Bonchev–Trinajstić information content (AvgIpc) is 2.89. The van der Waals surface area contributed by atoms with Crippen molar-refractivity contribution >= 4 is 0 Å². The van der Waals surface area contributed by atoms with Crippen LogP contribution in [0.25, 0.3) is 0 Å². The van der Waals surface area contributed by atoms with Gasteiger partial charge >= 0.3 is 0 Å². The maximum atomic E-state index is 5.51. The summed E-state index contributed by atoms with van der Waals surface area (Å²) in [5.74, 6) is 2.16. The zero-order valence-electron chi connectivity index (χ0n) is 13.6. The van der Waals surface area contributed by atoms with Gasteiger partial charge in [-0.3, -0.25) is 0 Å². The largest absolute Gasteiger partial charge is 0.339 e. The SMILES string of the molecule is CNC(C)C(c1nc(Cc2ccc(C)cc2)no1)C(C)C. The number of likely N-dealkylation sites (N-methyl/N-ethyl adjacent to an activating group) is 1. The van der Waals surface area contributed by atoms with Crippen LogP contribution in [-0.4, -0.2) is 23.2 Å². The minimum atomic E-state index is 0.231. The van der Waals surface area contributed by atoms with E-state index in [0.717, 1.165) is 11.7 Å². The van der Waals surface area contributed by atoms with Crippen molar-refractivity contribution in [2.75, 3.05) is 7.05 Å². The second-order valence-electron chi connectivity index (χ2n) is 6.06. The zero-order chi connectivity index (χ0) is 15.4. The van der Waals surface area contributed by atoms with Gasteiger partial charge in [-0.05, 0) is 32.4 Å². The van der Waals surface area contributed by atoms with Crippen LogP contribution in [0.15, 0.2) is 28.8 Å². The molecule has 1 aromatic heterocycles. The molecule has 4 heteroatoms. The highest BCUT2D eigenvalue weighted by molar-refractivity contribution is 5.23. The number of aromatic nitrogens is 2. The number of nitrogens with one attached hydrogen (secondary N) is 1. The van der Waals surface area contributed by atoms with Gasteiger partial charge in [0.2, 0.25) is 5.89 Å². The summed E-state index contributed by atoms with van der Waals surface area (Å²) in [5.41, 5.74) is 2.46. The van der Waals surface area contributed by atoms with Gasteiger partial charge in [0.15, 0.2) is 5.82 Å². The van der Waals surface area contributed by atoms with E-state index in [2.05, 4.69) is 67.4 Å². The average molecular weight is 287 g/mol. The van der Waals surface area contributed by atoms with E-state index in [1.807, 2.05) is 7.05 Å².